The van der Waals surface area contributed by atoms with Crippen LogP contribution in [0, 0.1) is 17.6 Å². The van der Waals surface area contributed by atoms with E-state index in [1.54, 1.807) is 30.5 Å². The third kappa shape index (κ3) is 5.01. The third-order valence-electron chi connectivity index (χ3n) is 6.53. The maximum Gasteiger partial charge on any atom is 0.157 e. The summed E-state index contributed by atoms with van der Waals surface area (Å²) < 4.78 is 29.2. The molecule has 0 spiro atoms. The van der Waals surface area contributed by atoms with E-state index in [2.05, 4.69) is 38.6 Å². The SMILES string of the molecule is C=C/C(=C\C(=C/C)c1cc(F)c2n[nH]c(-c3nc4c(-c5cccc(F)c5)nccc4[nH]3)c2c1)NC(=C)C(C)C. The Labute approximate surface area is 224 Å². The van der Waals surface area contributed by atoms with Gasteiger partial charge in [0.1, 0.15) is 22.5 Å². The molecule has 0 saturated carbocycles. The zero-order valence-corrected chi connectivity index (χ0v) is 21.9. The van der Waals surface area contributed by atoms with E-state index >= 15 is 4.39 Å². The summed E-state index contributed by atoms with van der Waals surface area (Å²) >= 11 is 0. The fraction of sp³-hybridized carbons (Fsp3) is 0.129. The van der Waals surface area contributed by atoms with E-state index in [1.807, 2.05) is 39.0 Å². The molecule has 3 N–H and O–H groups in total. The van der Waals surface area contributed by atoms with Crippen molar-refractivity contribution in [2.75, 3.05) is 0 Å². The molecule has 6 nitrogen and oxygen atoms in total. The van der Waals surface area contributed by atoms with Crippen LogP contribution in [0.15, 0.2) is 91.4 Å². The molecule has 0 unspecified atom stereocenters. The van der Waals surface area contributed by atoms with Gasteiger partial charge in [-0.1, -0.05) is 45.2 Å². The zero-order chi connectivity index (χ0) is 27.7. The second-order valence-electron chi connectivity index (χ2n) is 9.46. The van der Waals surface area contributed by atoms with Crippen LogP contribution in [0.3, 0.4) is 0 Å². The highest BCUT2D eigenvalue weighted by Gasteiger charge is 2.18. The minimum Gasteiger partial charge on any atom is -0.359 e. The van der Waals surface area contributed by atoms with Gasteiger partial charge in [0.25, 0.3) is 0 Å². The number of aromatic nitrogens is 5. The molecule has 2 aromatic carbocycles. The lowest BCUT2D eigenvalue weighted by atomic mass is 10.0. The summed E-state index contributed by atoms with van der Waals surface area (Å²) in [6.07, 6.45) is 7.14. The average molecular weight is 523 g/mol. The Bertz CT molecular complexity index is 1790. The summed E-state index contributed by atoms with van der Waals surface area (Å²) in [5.74, 6) is -0.114. The summed E-state index contributed by atoms with van der Waals surface area (Å²) in [5, 5.41) is 11.0. The Kier molecular flexibility index (Phi) is 6.94. The molecule has 0 saturated heterocycles. The number of halogens is 2. The van der Waals surface area contributed by atoms with Crippen LogP contribution in [0.2, 0.25) is 0 Å². The maximum absolute atomic E-state index is 15.3. The van der Waals surface area contributed by atoms with Crippen molar-refractivity contribution in [1.29, 1.82) is 0 Å². The highest BCUT2D eigenvalue weighted by molar-refractivity contribution is 5.97. The van der Waals surface area contributed by atoms with Crippen molar-refractivity contribution in [3.63, 3.8) is 0 Å². The number of hydrogen-bond donors (Lipinski definition) is 3. The highest BCUT2D eigenvalue weighted by atomic mass is 19.1. The van der Waals surface area contributed by atoms with Crippen LogP contribution < -0.4 is 5.32 Å². The van der Waals surface area contributed by atoms with Crippen LogP contribution in [-0.2, 0) is 0 Å². The minimum absolute atomic E-state index is 0.201. The van der Waals surface area contributed by atoms with E-state index in [1.165, 1.54) is 18.2 Å². The number of nitrogens with zero attached hydrogens (tertiary/aromatic N) is 3. The van der Waals surface area contributed by atoms with E-state index in [9.17, 15) is 4.39 Å². The standard InChI is InChI=1S/C31H28F2N6/c1-6-19(14-23(7-2)35-18(5)17(3)4)21-15-24-28(25(33)16-21)38-39-29(24)31-36-26-11-12-34-27(30(26)37-31)20-9-8-10-22(32)13-20/h6-17,35H,2,5H2,1,3-4H3,(H,36,37)(H,38,39)/b19-6+,23-14+. The van der Waals surface area contributed by atoms with Gasteiger partial charge in [0.15, 0.2) is 11.6 Å². The monoisotopic (exact) mass is 522 g/mol. The van der Waals surface area contributed by atoms with E-state index in [0.29, 0.717) is 44.8 Å². The molecule has 39 heavy (non-hydrogen) atoms. The fourth-order valence-electron chi connectivity index (χ4n) is 4.30. The predicted octanol–water partition coefficient (Wildman–Crippen LogP) is 7.68. The molecular formula is C31H28F2N6. The molecule has 3 aromatic heterocycles. The summed E-state index contributed by atoms with van der Waals surface area (Å²) in [7, 11) is 0. The number of imidazole rings is 1. The first-order chi connectivity index (χ1) is 18.8. The molecule has 3 heterocycles. The van der Waals surface area contributed by atoms with Crippen molar-refractivity contribution in [2.24, 2.45) is 5.92 Å². The number of pyridine rings is 1. The number of aromatic amines is 2. The number of H-pyrrole nitrogens is 2. The highest BCUT2D eigenvalue weighted by Crippen LogP contribution is 2.33. The first-order valence-corrected chi connectivity index (χ1v) is 12.5. The van der Waals surface area contributed by atoms with Crippen LogP contribution in [0.1, 0.15) is 26.3 Å². The number of hydrogen-bond acceptors (Lipinski definition) is 4. The van der Waals surface area contributed by atoms with Gasteiger partial charge >= 0.3 is 0 Å². The molecule has 196 valence electrons. The van der Waals surface area contributed by atoms with Crippen molar-refractivity contribution >= 4 is 27.5 Å². The van der Waals surface area contributed by atoms with Gasteiger partial charge in [-0.3, -0.25) is 10.1 Å². The predicted molar refractivity (Wildman–Crippen MR) is 153 cm³/mol. The number of nitrogens with one attached hydrogen (secondary N) is 3. The van der Waals surface area contributed by atoms with Gasteiger partial charge in [0.05, 0.1) is 11.2 Å². The van der Waals surface area contributed by atoms with Crippen molar-refractivity contribution in [2.45, 2.75) is 20.8 Å². The van der Waals surface area contributed by atoms with Gasteiger partial charge in [-0.15, -0.1) is 0 Å². The Morgan fingerprint density at radius 2 is 1.92 bits per heavy atom. The quantitative estimate of drug-likeness (QED) is 0.183. The maximum atomic E-state index is 15.3. The average Bonchev–Trinajstić information content (AvgIpc) is 3.55. The van der Waals surface area contributed by atoms with Gasteiger partial charge in [0, 0.05) is 28.5 Å². The van der Waals surface area contributed by atoms with Crippen molar-refractivity contribution < 1.29 is 8.78 Å². The van der Waals surface area contributed by atoms with Crippen LogP contribution in [-0.4, -0.2) is 25.1 Å². The largest absolute Gasteiger partial charge is 0.359 e. The Balaban J connectivity index is 1.60. The van der Waals surface area contributed by atoms with Gasteiger partial charge in [-0.2, -0.15) is 5.10 Å². The lowest BCUT2D eigenvalue weighted by Crippen LogP contribution is -2.14. The van der Waals surface area contributed by atoms with Crippen LogP contribution in [0.25, 0.3) is 50.3 Å². The second-order valence-corrected chi connectivity index (χ2v) is 9.46. The molecule has 0 aliphatic rings. The smallest absolute Gasteiger partial charge is 0.157 e. The molecule has 5 aromatic rings. The van der Waals surface area contributed by atoms with Crippen molar-refractivity contribution in [3.8, 4) is 22.8 Å². The van der Waals surface area contributed by atoms with Crippen molar-refractivity contribution in [3.05, 3.63) is 109 Å². The molecule has 0 aliphatic heterocycles. The number of fused-ring (bicyclic) bond motifs is 2. The second kappa shape index (κ2) is 10.5. The van der Waals surface area contributed by atoms with Crippen molar-refractivity contribution in [1.82, 2.24) is 30.5 Å². The molecule has 0 fully saturated rings. The Morgan fingerprint density at radius 1 is 1.10 bits per heavy atom. The van der Waals surface area contributed by atoms with E-state index in [4.69, 9.17) is 4.98 Å². The van der Waals surface area contributed by atoms with Crippen LogP contribution in [0.5, 0.6) is 0 Å². The topological polar surface area (TPSA) is 82.3 Å². The van der Waals surface area contributed by atoms with Gasteiger partial charge in [0.2, 0.25) is 0 Å². The first-order valence-electron chi connectivity index (χ1n) is 12.5. The van der Waals surface area contributed by atoms with Gasteiger partial charge in [-0.05, 0) is 66.5 Å². The molecule has 0 aliphatic carbocycles. The number of benzene rings is 2. The zero-order valence-electron chi connectivity index (χ0n) is 21.9. The van der Waals surface area contributed by atoms with E-state index < -0.39 is 5.82 Å². The summed E-state index contributed by atoms with van der Waals surface area (Å²) in [5.41, 5.74) is 6.23. The molecule has 8 heteroatoms. The molecule has 5 rings (SSSR count). The lowest BCUT2D eigenvalue weighted by Gasteiger charge is -2.14. The number of allylic oxidation sites excluding steroid dienone is 5. The fourth-order valence-corrected chi connectivity index (χ4v) is 4.30. The van der Waals surface area contributed by atoms with Crippen LogP contribution >= 0.6 is 0 Å². The van der Waals surface area contributed by atoms with E-state index in [-0.39, 0.29) is 17.3 Å². The molecule has 0 atom stereocenters. The molecule has 0 bridgehead atoms. The minimum atomic E-state index is -0.462. The molecular weight excluding hydrogens is 494 g/mol. The van der Waals surface area contributed by atoms with Crippen LogP contribution in [0.4, 0.5) is 8.78 Å². The summed E-state index contributed by atoms with van der Waals surface area (Å²) in [6.45, 7) is 13.9. The number of rotatable bonds is 8. The third-order valence-corrected chi connectivity index (χ3v) is 6.53. The van der Waals surface area contributed by atoms with Gasteiger partial charge in [-0.25, -0.2) is 13.8 Å². The molecule has 0 radical (unpaired) electrons. The summed E-state index contributed by atoms with van der Waals surface area (Å²) in [6, 6.07) is 11.3. The lowest BCUT2D eigenvalue weighted by molar-refractivity contribution is 0.628. The van der Waals surface area contributed by atoms with Gasteiger partial charge < -0.3 is 10.3 Å². The first kappa shape index (κ1) is 25.8. The van der Waals surface area contributed by atoms with E-state index in [0.717, 1.165) is 17.0 Å². The Hall–Kier alpha value is -4.85. The normalized spacial score (nSPS) is 12.5. The summed E-state index contributed by atoms with van der Waals surface area (Å²) in [4.78, 5) is 12.5. The Morgan fingerprint density at radius 3 is 2.64 bits per heavy atom. The molecule has 0 amide bonds.